The molecule has 0 saturated carbocycles. The lowest BCUT2D eigenvalue weighted by Gasteiger charge is -2.04. The quantitative estimate of drug-likeness (QED) is 0.690. The zero-order valence-corrected chi connectivity index (χ0v) is 12.1. The van der Waals surface area contributed by atoms with Crippen molar-refractivity contribution in [3.05, 3.63) is 59.7 Å². The Morgan fingerprint density at radius 3 is 2.65 bits per heavy atom. The van der Waals surface area contributed by atoms with Gasteiger partial charge in [0.15, 0.2) is 0 Å². The molecule has 0 fully saturated rings. The number of rotatable bonds is 4. The third-order valence-electron chi connectivity index (χ3n) is 2.70. The molecular weight excluding hydrogens is 268 g/mol. The van der Waals surface area contributed by atoms with Crippen LogP contribution in [0.5, 0.6) is 5.75 Å². The van der Waals surface area contributed by atoms with Gasteiger partial charge in [-0.05, 0) is 42.0 Å². The second-order valence-electron chi connectivity index (χ2n) is 4.12. The Kier molecular flexibility index (Phi) is 5.55. The van der Waals surface area contributed by atoms with E-state index in [-0.39, 0.29) is 6.61 Å². The molecule has 1 N–H and O–H groups in total. The molecule has 0 bridgehead atoms. The van der Waals surface area contributed by atoms with Gasteiger partial charge in [0.1, 0.15) is 12.4 Å². The summed E-state index contributed by atoms with van der Waals surface area (Å²) in [5.74, 6) is 7.35. The van der Waals surface area contributed by atoms with Crippen molar-refractivity contribution in [2.75, 3.05) is 13.7 Å². The third kappa shape index (κ3) is 4.34. The lowest BCUT2D eigenvalue weighted by atomic mass is 10.1. The van der Waals surface area contributed by atoms with Crippen LogP contribution in [0.15, 0.2) is 53.4 Å². The van der Waals surface area contributed by atoms with Crippen LogP contribution in [0, 0.1) is 11.8 Å². The largest absolute Gasteiger partial charge is 0.497 e. The zero-order chi connectivity index (χ0) is 14.2. The van der Waals surface area contributed by atoms with E-state index in [2.05, 4.69) is 36.1 Å². The summed E-state index contributed by atoms with van der Waals surface area (Å²) in [6, 6.07) is 16.1. The van der Waals surface area contributed by atoms with Gasteiger partial charge in [-0.15, -0.1) is 11.8 Å². The van der Waals surface area contributed by atoms with Crippen molar-refractivity contribution in [2.45, 2.75) is 10.6 Å². The molecule has 0 radical (unpaired) electrons. The first-order valence-electron chi connectivity index (χ1n) is 6.27. The van der Waals surface area contributed by atoms with Crippen molar-refractivity contribution in [2.24, 2.45) is 0 Å². The fraction of sp³-hybridized carbons (Fsp3) is 0.176. The highest BCUT2D eigenvalue weighted by Gasteiger charge is 1.98. The number of ether oxygens (including phenoxy) is 1. The fourth-order valence-corrected chi connectivity index (χ4v) is 2.56. The Labute approximate surface area is 123 Å². The highest BCUT2D eigenvalue weighted by Crippen LogP contribution is 2.25. The number of aliphatic hydroxyl groups is 1. The van der Waals surface area contributed by atoms with Crippen LogP contribution in [0.1, 0.15) is 11.1 Å². The van der Waals surface area contributed by atoms with Crippen molar-refractivity contribution >= 4 is 11.8 Å². The van der Waals surface area contributed by atoms with Gasteiger partial charge in [0.05, 0.1) is 7.11 Å². The molecule has 2 aromatic rings. The summed E-state index contributed by atoms with van der Waals surface area (Å²) in [6.07, 6.45) is 0. The summed E-state index contributed by atoms with van der Waals surface area (Å²) in [4.78, 5) is 1.21. The van der Waals surface area contributed by atoms with Crippen LogP contribution in [0.2, 0.25) is 0 Å². The summed E-state index contributed by atoms with van der Waals surface area (Å²) in [5.41, 5.74) is 2.16. The van der Waals surface area contributed by atoms with E-state index in [0.29, 0.717) is 0 Å². The molecule has 0 aliphatic rings. The summed E-state index contributed by atoms with van der Waals surface area (Å²) >= 11 is 1.77. The first-order valence-corrected chi connectivity index (χ1v) is 7.26. The topological polar surface area (TPSA) is 29.5 Å². The van der Waals surface area contributed by atoms with E-state index < -0.39 is 0 Å². The van der Waals surface area contributed by atoms with Gasteiger partial charge in [0.25, 0.3) is 0 Å². The van der Waals surface area contributed by atoms with Crippen LogP contribution in [0.4, 0.5) is 0 Å². The van der Waals surface area contributed by atoms with Crippen molar-refractivity contribution in [1.29, 1.82) is 0 Å². The lowest BCUT2D eigenvalue weighted by molar-refractivity contribution is 0.350. The first kappa shape index (κ1) is 14.5. The second kappa shape index (κ2) is 7.64. The monoisotopic (exact) mass is 284 g/mol. The lowest BCUT2D eigenvalue weighted by Crippen LogP contribution is -1.84. The van der Waals surface area contributed by atoms with E-state index >= 15 is 0 Å². The van der Waals surface area contributed by atoms with Crippen LogP contribution in [-0.4, -0.2) is 18.8 Å². The molecule has 102 valence electrons. The molecular formula is C17H16O2S. The summed E-state index contributed by atoms with van der Waals surface area (Å²) in [7, 11) is 1.67. The van der Waals surface area contributed by atoms with Crippen molar-refractivity contribution in [3.63, 3.8) is 0 Å². The maximum absolute atomic E-state index is 8.70. The molecule has 0 atom stereocenters. The van der Waals surface area contributed by atoms with E-state index in [4.69, 9.17) is 9.84 Å². The van der Waals surface area contributed by atoms with Crippen LogP contribution in [0.25, 0.3) is 0 Å². The molecule has 2 rings (SSSR count). The number of thioether (sulfide) groups is 1. The summed E-state index contributed by atoms with van der Waals surface area (Å²) in [5, 5.41) is 8.70. The van der Waals surface area contributed by atoms with Crippen LogP contribution >= 0.6 is 11.8 Å². The molecule has 0 aliphatic carbocycles. The standard InChI is InChI=1S/C17H16O2S/c1-19-16-7-9-17(10-8-16)20-13-15-5-2-4-14(12-15)6-3-11-18/h2,4-5,7-10,12,18H,11,13H2,1H3. The predicted octanol–water partition coefficient (Wildman–Crippen LogP) is 3.33. The van der Waals surface area contributed by atoms with Crippen LogP contribution in [-0.2, 0) is 5.75 Å². The Morgan fingerprint density at radius 1 is 1.15 bits per heavy atom. The van der Waals surface area contributed by atoms with Gasteiger partial charge in [-0.3, -0.25) is 0 Å². The van der Waals surface area contributed by atoms with Gasteiger partial charge in [0.2, 0.25) is 0 Å². The number of methoxy groups -OCH3 is 1. The van der Waals surface area contributed by atoms with Gasteiger partial charge in [-0.1, -0.05) is 24.0 Å². The Hall–Kier alpha value is -1.89. The number of aliphatic hydroxyl groups excluding tert-OH is 1. The van der Waals surface area contributed by atoms with Gasteiger partial charge < -0.3 is 9.84 Å². The van der Waals surface area contributed by atoms with Crippen LogP contribution < -0.4 is 4.74 Å². The number of benzene rings is 2. The van der Waals surface area contributed by atoms with E-state index in [1.54, 1.807) is 18.9 Å². The normalized spacial score (nSPS) is 9.70. The molecule has 2 aromatic carbocycles. The molecule has 0 amide bonds. The number of hydrogen-bond acceptors (Lipinski definition) is 3. The van der Waals surface area contributed by atoms with E-state index in [1.807, 2.05) is 24.3 Å². The molecule has 3 heteroatoms. The molecule has 0 aliphatic heterocycles. The molecule has 2 nitrogen and oxygen atoms in total. The maximum Gasteiger partial charge on any atom is 0.118 e. The average molecular weight is 284 g/mol. The summed E-state index contributed by atoms with van der Waals surface area (Å²) < 4.78 is 5.14. The van der Waals surface area contributed by atoms with Crippen molar-refractivity contribution in [1.82, 2.24) is 0 Å². The number of hydrogen-bond donors (Lipinski definition) is 1. The SMILES string of the molecule is COc1ccc(SCc2cccc(C#CCO)c2)cc1. The van der Waals surface area contributed by atoms with E-state index in [9.17, 15) is 0 Å². The fourth-order valence-electron chi connectivity index (χ4n) is 1.72. The highest BCUT2D eigenvalue weighted by atomic mass is 32.2. The van der Waals surface area contributed by atoms with E-state index in [0.717, 1.165) is 17.1 Å². The summed E-state index contributed by atoms with van der Waals surface area (Å²) in [6.45, 7) is -0.106. The first-order chi connectivity index (χ1) is 9.81. The van der Waals surface area contributed by atoms with E-state index in [1.165, 1.54) is 10.5 Å². The second-order valence-corrected chi connectivity index (χ2v) is 5.17. The van der Waals surface area contributed by atoms with Gasteiger partial charge in [-0.25, -0.2) is 0 Å². The molecule has 0 unspecified atom stereocenters. The van der Waals surface area contributed by atoms with Crippen LogP contribution in [0.3, 0.4) is 0 Å². The van der Waals surface area contributed by atoms with Gasteiger partial charge >= 0.3 is 0 Å². The molecule has 0 heterocycles. The molecule has 0 spiro atoms. The minimum Gasteiger partial charge on any atom is -0.497 e. The van der Waals surface area contributed by atoms with Gasteiger partial charge in [-0.2, -0.15) is 0 Å². The molecule has 20 heavy (non-hydrogen) atoms. The predicted molar refractivity (Wildman–Crippen MR) is 83.0 cm³/mol. The van der Waals surface area contributed by atoms with Crippen molar-refractivity contribution < 1.29 is 9.84 Å². The zero-order valence-electron chi connectivity index (χ0n) is 11.3. The maximum atomic E-state index is 8.70. The smallest absolute Gasteiger partial charge is 0.118 e. The minimum absolute atomic E-state index is 0.106. The third-order valence-corrected chi connectivity index (χ3v) is 3.79. The highest BCUT2D eigenvalue weighted by molar-refractivity contribution is 7.98. The van der Waals surface area contributed by atoms with Crippen molar-refractivity contribution in [3.8, 4) is 17.6 Å². The minimum atomic E-state index is -0.106. The van der Waals surface area contributed by atoms with Gasteiger partial charge in [0, 0.05) is 16.2 Å². The molecule has 0 saturated heterocycles. The molecule has 0 aromatic heterocycles. The average Bonchev–Trinajstić information content (AvgIpc) is 2.52. The Bertz CT molecular complexity index is 609. The Balaban J connectivity index is 1.99. The Morgan fingerprint density at radius 2 is 1.95 bits per heavy atom.